The molecule has 1 aliphatic heterocycles. The first kappa shape index (κ1) is 11.3. The molecular weight excluding hydrogens is 228 g/mol. The first-order valence-electron chi connectivity index (χ1n) is 4.88. The second-order valence-corrected chi connectivity index (χ2v) is 3.32. The number of anilines is 1. The van der Waals surface area contributed by atoms with E-state index >= 15 is 0 Å². The average molecular weight is 237 g/mol. The number of aliphatic imine (C=N–C) groups is 1. The highest BCUT2D eigenvalue weighted by atomic mass is 19.2. The van der Waals surface area contributed by atoms with Crippen LogP contribution in [0.15, 0.2) is 35.5 Å². The number of nitrogens with zero attached hydrogens (tertiary/aromatic N) is 1. The van der Waals surface area contributed by atoms with Gasteiger partial charge in [-0.15, -0.1) is 0 Å². The largest absolute Gasteiger partial charge is 0.362 e. The summed E-state index contributed by atoms with van der Waals surface area (Å²) < 4.78 is 26.2. The van der Waals surface area contributed by atoms with E-state index in [2.05, 4.69) is 15.6 Å². The van der Waals surface area contributed by atoms with Crippen molar-refractivity contribution in [2.45, 2.75) is 6.17 Å². The SMILES string of the molecule is O=C(Nc1cccc(F)c1F)C1N=CC=CN1. The Morgan fingerprint density at radius 2 is 2.24 bits per heavy atom. The summed E-state index contributed by atoms with van der Waals surface area (Å²) in [4.78, 5) is 15.4. The molecule has 0 aromatic heterocycles. The van der Waals surface area contributed by atoms with E-state index in [1.165, 1.54) is 18.3 Å². The summed E-state index contributed by atoms with van der Waals surface area (Å²) in [6.45, 7) is 0. The van der Waals surface area contributed by atoms with Gasteiger partial charge in [-0.25, -0.2) is 8.78 Å². The molecule has 2 N–H and O–H groups in total. The fourth-order valence-electron chi connectivity index (χ4n) is 1.31. The van der Waals surface area contributed by atoms with Crippen LogP contribution >= 0.6 is 0 Å². The van der Waals surface area contributed by atoms with Gasteiger partial charge < -0.3 is 10.6 Å². The summed E-state index contributed by atoms with van der Waals surface area (Å²) in [6, 6.07) is 3.56. The standard InChI is InChI=1S/C11H9F2N3O/c12-7-3-1-4-8(9(7)13)16-11(17)10-14-5-2-6-15-10/h1-6,10,14H,(H,16,17). The molecule has 6 heteroatoms. The number of amides is 1. The molecule has 0 bridgehead atoms. The normalized spacial score (nSPS) is 17.6. The van der Waals surface area contributed by atoms with Crippen LogP contribution in [-0.2, 0) is 4.79 Å². The molecule has 0 aliphatic carbocycles. The smallest absolute Gasteiger partial charge is 0.269 e. The van der Waals surface area contributed by atoms with E-state index in [0.29, 0.717) is 0 Å². The predicted octanol–water partition coefficient (Wildman–Crippen LogP) is 1.42. The van der Waals surface area contributed by atoms with Gasteiger partial charge in [-0.05, 0) is 18.2 Å². The second-order valence-electron chi connectivity index (χ2n) is 3.32. The van der Waals surface area contributed by atoms with E-state index < -0.39 is 23.7 Å². The van der Waals surface area contributed by atoms with E-state index in [9.17, 15) is 13.6 Å². The van der Waals surface area contributed by atoms with Gasteiger partial charge in [0.1, 0.15) is 0 Å². The second kappa shape index (κ2) is 4.73. The van der Waals surface area contributed by atoms with Crippen molar-refractivity contribution in [1.29, 1.82) is 0 Å². The molecule has 0 saturated carbocycles. The third-order valence-electron chi connectivity index (χ3n) is 2.13. The lowest BCUT2D eigenvalue weighted by Crippen LogP contribution is -2.37. The van der Waals surface area contributed by atoms with Crippen molar-refractivity contribution in [3.8, 4) is 0 Å². The number of carbonyl (C=O) groups excluding carboxylic acids is 1. The van der Waals surface area contributed by atoms with Crippen molar-refractivity contribution in [1.82, 2.24) is 5.32 Å². The summed E-state index contributed by atoms with van der Waals surface area (Å²) in [6.07, 6.45) is 3.77. The van der Waals surface area contributed by atoms with Crippen LogP contribution in [0.3, 0.4) is 0 Å². The summed E-state index contributed by atoms with van der Waals surface area (Å²) >= 11 is 0. The van der Waals surface area contributed by atoms with Gasteiger partial charge in [0.05, 0.1) is 5.69 Å². The minimum absolute atomic E-state index is 0.207. The number of carbonyl (C=O) groups is 1. The van der Waals surface area contributed by atoms with Crippen molar-refractivity contribution in [3.63, 3.8) is 0 Å². The molecule has 1 aromatic rings. The van der Waals surface area contributed by atoms with Crippen LogP contribution in [0.5, 0.6) is 0 Å². The van der Waals surface area contributed by atoms with Crippen LogP contribution in [0, 0.1) is 11.6 Å². The highest BCUT2D eigenvalue weighted by molar-refractivity contribution is 5.96. The lowest BCUT2D eigenvalue weighted by Gasteiger charge is -2.15. The third kappa shape index (κ3) is 2.47. The zero-order chi connectivity index (χ0) is 12.3. The van der Waals surface area contributed by atoms with Crippen LogP contribution in [0.25, 0.3) is 0 Å². The molecule has 1 heterocycles. The zero-order valence-corrected chi connectivity index (χ0v) is 8.65. The van der Waals surface area contributed by atoms with Crippen LogP contribution in [0.4, 0.5) is 14.5 Å². The maximum atomic E-state index is 13.3. The summed E-state index contributed by atoms with van der Waals surface area (Å²) in [5.41, 5.74) is -0.207. The van der Waals surface area contributed by atoms with Gasteiger partial charge in [-0.1, -0.05) is 6.07 Å². The Kier molecular flexibility index (Phi) is 3.13. The molecule has 1 aromatic carbocycles. The molecule has 1 atom stereocenters. The van der Waals surface area contributed by atoms with E-state index in [0.717, 1.165) is 6.07 Å². The molecule has 0 radical (unpaired) electrons. The van der Waals surface area contributed by atoms with Crippen molar-refractivity contribution < 1.29 is 13.6 Å². The molecule has 88 valence electrons. The molecule has 1 amide bonds. The molecule has 2 rings (SSSR count). The lowest BCUT2D eigenvalue weighted by atomic mass is 10.3. The van der Waals surface area contributed by atoms with E-state index in [4.69, 9.17) is 0 Å². The van der Waals surface area contributed by atoms with Crippen LogP contribution in [0.2, 0.25) is 0 Å². The monoisotopic (exact) mass is 237 g/mol. The Bertz CT molecular complexity index is 499. The number of halogens is 2. The van der Waals surface area contributed by atoms with E-state index in [-0.39, 0.29) is 5.69 Å². The fraction of sp³-hybridized carbons (Fsp3) is 0.0909. The maximum absolute atomic E-state index is 13.3. The Hall–Kier alpha value is -2.24. The van der Waals surface area contributed by atoms with Crippen LogP contribution in [0.1, 0.15) is 0 Å². The minimum atomic E-state index is -1.09. The number of hydrogen-bond acceptors (Lipinski definition) is 3. The van der Waals surface area contributed by atoms with Gasteiger partial charge in [0, 0.05) is 12.4 Å². The molecule has 1 unspecified atom stereocenters. The quantitative estimate of drug-likeness (QED) is 0.817. The zero-order valence-electron chi connectivity index (χ0n) is 8.65. The number of nitrogens with one attached hydrogen (secondary N) is 2. The molecule has 0 fully saturated rings. The summed E-state index contributed by atoms with van der Waals surface area (Å²) in [5.74, 6) is -2.66. The topological polar surface area (TPSA) is 53.5 Å². The number of benzene rings is 1. The molecule has 1 aliphatic rings. The predicted molar refractivity (Wildman–Crippen MR) is 59.5 cm³/mol. The maximum Gasteiger partial charge on any atom is 0.269 e. The van der Waals surface area contributed by atoms with Gasteiger partial charge in [0.15, 0.2) is 17.8 Å². The Morgan fingerprint density at radius 1 is 1.41 bits per heavy atom. The molecule has 0 saturated heterocycles. The minimum Gasteiger partial charge on any atom is -0.362 e. The highest BCUT2D eigenvalue weighted by Crippen LogP contribution is 2.16. The van der Waals surface area contributed by atoms with Gasteiger partial charge in [0.2, 0.25) is 0 Å². The van der Waals surface area contributed by atoms with Crippen molar-refractivity contribution in [2.24, 2.45) is 4.99 Å². The van der Waals surface area contributed by atoms with Gasteiger partial charge in [-0.3, -0.25) is 9.79 Å². The Labute approximate surface area is 96.0 Å². The first-order chi connectivity index (χ1) is 8.18. The first-order valence-corrected chi connectivity index (χ1v) is 4.88. The van der Waals surface area contributed by atoms with Gasteiger partial charge >= 0.3 is 0 Å². The van der Waals surface area contributed by atoms with Crippen molar-refractivity contribution in [3.05, 3.63) is 42.1 Å². The number of hydrogen-bond donors (Lipinski definition) is 2. The Balaban J connectivity index is 2.10. The van der Waals surface area contributed by atoms with Crippen molar-refractivity contribution in [2.75, 3.05) is 5.32 Å². The number of allylic oxidation sites excluding steroid dienone is 1. The van der Waals surface area contributed by atoms with Crippen molar-refractivity contribution >= 4 is 17.8 Å². The summed E-state index contributed by atoms with van der Waals surface area (Å²) in [5, 5.41) is 4.92. The summed E-state index contributed by atoms with van der Waals surface area (Å²) in [7, 11) is 0. The third-order valence-corrected chi connectivity index (χ3v) is 2.13. The molecule has 4 nitrogen and oxygen atoms in total. The van der Waals surface area contributed by atoms with Gasteiger partial charge in [-0.2, -0.15) is 0 Å². The molecular formula is C11H9F2N3O. The van der Waals surface area contributed by atoms with Crippen LogP contribution < -0.4 is 10.6 Å². The fourth-order valence-corrected chi connectivity index (χ4v) is 1.31. The molecule has 17 heavy (non-hydrogen) atoms. The highest BCUT2D eigenvalue weighted by Gasteiger charge is 2.18. The Morgan fingerprint density at radius 3 is 2.94 bits per heavy atom. The van der Waals surface area contributed by atoms with Crippen LogP contribution in [-0.4, -0.2) is 18.3 Å². The average Bonchev–Trinajstić information content (AvgIpc) is 2.36. The molecule has 0 spiro atoms. The van der Waals surface area contributed by atoms with E-state index in [1.54, 1.807) is 12.3 Å². The number of rotatable bonds is 2. The van der Waals surface area contributed by atoms with Gasteiger partial charge in [0.25, 0.3) is 5.91 Å². The van der Waals surface area contributed by atoms with E-state index in [1.807, 2.05) is 0 Å². The lowest BCUT2D eigenvalue weighted by molar-refractivity contribution is -0.117.